The number of hydrogen-bond donors (Lipinski definition) is 1. The van der Waals surface area contributed by atoms with E-state index in [1.54, 1.807) is 0 Å². The lowest BCUT2D eigenvalue weighted by atomic mass is 9.89. The lowest BCUT2D eigenvalue weighted by Crippen LogP contribution is -2.48. The van der Waals surface area contributed by atoms with Crippen molar-refractivity contribution >= 4 is 0 Å². The van der Waals surface area contributed by atoms with E-state index in [9.17, 15) is 13.2 Å². The van der Waals surface area contributed by atoms with E-state index in [-0.39, 0.29) is 6.04 Å². The minimum Gasteiger partial charge on any atom is -0.304 e. The predicted octanol–water partition coefficient (Wildman–Crippen LogP) is 5.54. The first-order valence-electron chi connectivity index (χ1n) is 10.1. The highest BCUT2D eigenvalue weighted by Gasteiger charge is 2.38. The quantitative estimate of drug-likeness (QED) is 0.668. The normalized spacial score (nSPS) is 21.6. The van der Waals surface area contributed by atoms with Gasteiger partial charge in [-0.1, -0.05) is 60.7 Å². The Morgan fingerprint density at radius 2 is 1.32 bits per heavy atom. The van der Waals surface area contributed by atoms with E-state index >= 15 is 0 Å². The Balaban J connectivity index is 1.62. The van der Waals surface area contributed by atoms with E-state index in [2.05, 4.69) is 58.7 Å². The summed E-state index contributed by atoms with van der Waals surface area (Å²) in [5.41, 5.74) is 2.54. The van der Waals surface area contributed by atoms with Crippen molar-refractivity contribution in [2.75, 3.05) is 0 Å². The van der Waals surface area contributed by atoms with Gasteiger partial charge in [0.05, 0.1) is 0 Å². The SMILES string of the molecule is CC(NC1CCC(N(Cc2ccccc2)Cc2ccccc2)CC1)C(F)(F)F. The van der Waals surface area contributed by atoms with Crippen molar-refractivity contribution < 1.29 is 13.2 Å². The molecule has 0 spiro atoms. The van der Waals surface area contributed by atoms with Gasteiger partial charge < -0.3 is 5.32 Å². The first-order valence-corrected chi connectivity index (χ1v) is 10.1. The molecule has 152 valence electrons. The lowest BCUT2D eigenvalue weighted by molar-refractivity contribution is -0.154. The van der Waals surface area contributed by atoms with E-state index in [0.717, 1.165) is 38.8 Å². The van der Waals surface area contributed by atoms with Gasteiger partial charge in [-0.3, -0.25) is 4.90 Å². The fourth-order valence-electron chi connectivity index (χ4n) is 4.01. The highest BCUT2D eigenvalue weighted by molar-refractivity contribution is 5.17. The fraction of sp³-hybridized carbons (Fsp3) is 0.478. The number of nitrogens with zero attached hydrogens (tertiary/aromatic N) is 1. The Hall–Kier alpha value is -1.85. The van der Waals surface area contributed by atoms with E-state index < -0.39 is 12.2 Å². The Morgan fingerprint density at radius 1 is 0.857 bits per heavy atom. The molecule has 1 atom stereocenters. The maximum absolute atomic E-state index is 12.8. The zero-order chi connectivity index (χ0) is 20.0. The van der Waals surface area contributed by atoms with Crippen LogP contribution in [0.3, 0.4) is 0 Å². The van der Waals surface area contributed by atoms with Gasteiger partial charge in [-0.25, -0.2) is 0 Å². The number of halogens is 3. The highest BCUT2D eigenvalue weighted by atomic mass is 19.4. The molecular weight excluding hydrogens is 361 g/mol. The minimum atomic E-state index is -4.18. The topological polar surface area (TPSA) is 15.3 Å². The minimum absolute atomic E-state index is 0.0526. The Kier molecular flexibility index (Phi) is 7.13. The molecular formula is C23H29F3N2. The molecule has 5 heteroatoms. The van der Waals surface area contributed by atoms with Gasteiger partial charge >= 0.3 is 6.18 Å². The molecule has 1 fully saturated rings. The van der Waals surface area contributed by atoms with Gasteiger partial charge in [0.25, 0.3) is 0 Å². The van der Waals surface area contributed by atoms with Gasteiger partial charge in [0, 0.05) is 25.2 Å². The molecule has 2 aromatic rings. The summed E-state index contributed by atoms with van der Waals surface area (Å²) in [7, 11) is 0. The van der Waals surface area contributed by atoms with Crippen molar-refractivity contribution in [3.05, 3.63) is 71.8 Å². The van der Waals surface area contributed by atoms with Gasteiger partial charge in [-0.15, -0.1) is 0 Å². The van der Waals surface area contributed by atoms with Crippen molar-refractivity contribution in [3.8, 4) is 0 Å². The van der Waals surface area contributed by atoms with Crippen molar-refractivity contribution in [1.29, 1.82) is 0 Å². The molecule has 0 radical (unpaired) electrons. The number of alkyl halides is 3. The summed E-state index contributed by atoms with van der Waals surface area (Å²) in [5, 5.41) is 2.77. The Labute approximate surface area is 165 Å². The number of benzene rings is 2. The summed E-state index contributed by atoms with van der Waals surface area (Å²) in [6, 6.07) is 19.7. The molecule has 1 aliphatic carbocycles. The second kappa shape index (κ2) is 9.57. The van der Waals surface area contributed by atoms with Crippen molar-refractivity contribution in [2.24, 2.45) is 0 Å². The van der Waals surface area contributed by atoms with Crippen LogP contribution in [0.1, 0.15) is 43.7 Å². The largest absolute Gasteiger partial charge is 0.403 e. The monoisotopic (exact) mass is 390 g/mol. The molecule has 1 unspecified atom stereocenters. The van der Waals surface area contributed by atoms with Gasteiger partial charge in [-0.05, 0) is 43.7 Å². The van der Waals surface area contributed by atoms with Crippen molar-refractivity contribution in [3.63, 3.8) is 0 Å². The molecule has 0 amide bonds. The van der Waals surface area contributed by atoms with Crippen LogP contribution >= 0.6 is 0 Å². The molecule has 0 heterocycles. The molecule has 0 saturated heterocycles. The average molecular weight is 390 g/mol. The zero-order valence-corrected chi connectivity index (χ0v) is 16.3. The molecule has 1 saturated carbocycles. The van der Waals surface area contributed by atoms with E-state index in [4.69, 9.17) is 0 Å². The first-order chi connectivity index (χ1) is 13.4. The predicted molar refractivity (Wildman–Crippen MR) is 107 cm³/mol. The van der Waals surface area contributed by atoms with Crippen LogP contribution in [0.15, 0.2) is 60.7 Å². The van der Waals surface area contributed by atoms with E-state index in [1.807, 2.05) is 12.1 Å². The molecule has 0 bridgehead atoms. The maximum atomic E-state index is 12.8. The smallest absolute Gasteiger partial charge is 0.304 e. The molecule has 1 aliphatic rings. The maximum Gasteiger partial charge on any atom is 0.403 e. The summed E-state index contributed by atoms with van der Waals surface area (Å²) in [4.78, 5) is 2.48. The fourth-order valence-corrected chi connectivity index (χ4v) is 4.01. The van der Waals surface area contributed by atoms with Crippen LogP contribution in [-0.4, -0.2) is 29.2 Å². The number of rotatable bonds is 7. The van der Waals surface area contributed by atoms with Gasteiger partial charge in [-0.2, -0.15) is 13.2 Å². The molecule has 0 aromatic heterocycles. The second-order valence-electron chi connectivity index (χ2n) is 7.81. The van der Waals surface area contributed by atoms with Crippen LogP contribution in [-0.2, 0) is 13.1 Å². The second-order valence-corrected chi connectivity index (χ2v) is 7.81. The molecule has 2 aromatic carbocycles. The summed E-state index contributed by atoms with van der Waals surface area (Å²) < 4.78 is 38.5. The molecule has 1 N–H and O–H groups in total. The Bertz CT molecular complexity index is 653. The zero-order valence-electron chi connectivity index (χ0n) is 16.3. The van der Waals surface area contributed by atoms with Gasteiger partial charge in [0.2, 0.25) is 0 Å². The van der Waals surface area contributed by atoms with Crippen LogP contribution in [0.4, 0.5) is 13.2 Å². The number of nitrogens with one attached hydrogen (secondary N) is 1. The summed E-state index contributed by atoms with van der Waals surface area (Å²) >= 11 is 0. The van der Waals surface area contributed by atoms with Gasteiger partial charge in [0.1, 0.15) is 6.04 Å². The van der Waals surface area contributed by atoms with Crippen LogP contribution in [0, 0.1) is 0 Å². The summed E-state index contributed by atoms with van der Waals surface area (Å²) in [6.07, 6.45) is -0.774. The molecule has 28 heavy (non-hydrogen) atoms. The summed E-state index contributed by atoms with van der Waals surface area (Å²) in [6.45, 7) is 2.93. The standard InChI is InChI=1S/C23H29F3N2/c1-18(23(24,25)26)27-21-12-14-22(15-13-21)28(16-19-8-4-2-5-9-19)17-20-10-6-3-7-11-20/h2-11,18,21-22,27H,12-17H2,1H3. The molecule has 0 aliphatic heterocycles. The van der Waals surface area contributed by atoms with Crippen molar-refractivity contribution in [1.82, 2.24) is 10.2 Å². The molecule has 2 nitrogen and oxygen atoms in total. The average Bonchev–Trinajstić information content (AvgIpc) is 2.69. The van der Waals surface area contributed by atoms with E-state index in [0.29, 0.717) is 6.04 Å². The third-order valence-electron chi connectivity index (χ3n) is 5.65. The Morgan fingerprint density at radius 3 is 1.75 bits per heavy atom. The first kappa shape index (κ1) is 20.9. The highest BCUT2D eigenvalue weighted by Crippen LogP contribution is 2.28. The van der Waals surface area contributed by atoms with Crippen LogP contribution < -0.4 is 5.32 Å². The van der Waals surface area contributed by atoms with E-state index in [1.165, 1.54) is 18.1 Å². The summed E-state index contributed by atoms with van der Waals surface area (Å²) in [5.74, 6) is 0. The number of hydrogen-bond acceptors (Lipinski definition) is 2. The third kappa shape index (κ3) is 6.08. The third-order valence-corrected chi connectivity index (χ3v) is 5.65. The van der Waals surface area contributed by atoms with Crippen LogP contribution in [0.5, 0.6) is 0 Å². The van der Waals surface area contributed by atoms with Crippen LogP contribution in [0.2, 0.25) is 0 Å². The van der Waals surface area contributed by atoms with Crippen molar-refractivity contribution in [2.45, 2.75) is 70.0 Å². The van der Waals surface area contributed by atoms with Crippen LogP contribution in [0.25, 0.3) is 0 Å². The lowest BCUT2D eigenvalue weighted by Gasteiger charge is -2.38. The van der Waals surface area contributed by atoms with Gasteiger partial charge in [0.15, 0.2) is 0 Å². The molecule has 3 rings (SSSR count).